The molecule has 0 aliphatic carbocycles. The zero-order valence-corrected chi connectivity index (χ0v) is 12.0. The van der Waals surface area contributed by atoms with Crippen molar-refractivity contribution < 1.29 is 4.74 Å². The van der Waals surface area contributed by atoms with Crippen molar-refractivity contribution in [2.24, 2.45) is 0 Å². The van der Waals surface area contributed by atoms with Crippen molar-refractivity contribution in [3.63, 3.8) is 0 Å². The maximum atomic E-state index is 6.07. The molecule has 2 aromatic carbocycles. The number of ether oxygens (including phenoxy) is 1. The fraction of sp³-hybridized carbons (Fsp3) is 0.250. The zero-order chi connectivity index (χ0) is 13.7. The molecule has 0 atom stereocenters. The van der Waals surface area contributed by atoms with E-state index in [9.17, 15) is 0 Å². The van der Waals surface area contributed by atoms with Crippen molar-refractivity contribution in [2.75, 3.05) is 18.5 Å². The first-order chi connectivity index (χ1) is 9.16. The van der Waals surface area contributed by atoms with Gasteiger partial charge in [-0.25, -0.2) is 0 Å². The predicted molar refractivity (Wildman–Crippen MR) is 81.4 cm³/mol. The van der Waals surface area contributed by atoms with E-state index in [0.717, 1.165) is 28.6 Å². The van der Waals surface area contributed by atoms with Gasteiger partial charge in [-0.3, -0.25) is 0 Å². The van der Waals surface area contributed by atoms with Gasteiger partial charge in [-0.15, -0.1) is 0 Å². The molecule has 0 heterocycles. The zero-order valence-electron chi connectivity index (χ0n) is 11.2. The Morgan fingerprint density at radius 2 is 1.79 bits per heavy atom. The number of hydrogen-bond donors (Lipinski definition) is 1. The lowest BCUT2D eigenvalue weighted by Crippen LogP contribution is -2.12. The van der Waals surface area contributed by atoms with E-state index in [4.69, 9.17) is 16.3 Å². The van der Waals surface area contributed by atoms with Crippen LogP contribution < -0.4 is 10.1 Å². The second-order valence-electron chi connectivity index (χ2n) is 4.50. The van der Waals surface area contributed by atoms with Crippen molar-refractivity contribution in [1.29, 1.82) is 0 Å². The molecule has 0 aliphatic rings. The van der Waals surface area contributed by atoms with Gasteiger partial charge in [0.25, 0.3) is 0 Å². The second kappa shape index (κ2) is 6.48. The van der Waals surface area contributed by atoms with Crippen LogP contribution in [-0.4, -0.2) is 13.2 Å². The van der Waals surface area contributed by atoms with Crippen molar-refractivity contribution in [3.05, 3.63) is 58.6 Å². The summed E-state index contributed by atoms with van der Waals surface area (Å²) < 4.78 is 5.66. The van der Waals surface area contributed by atoms with Gasteiger partial charge in [0, 0.05) is 17.3 Å². The molecule has 0 aliphatic heterocycles. The van der Waals surface area contributed by atoms with Gasteiger partial charge in [0.05, 0.1) is 0 Å². The Bertz CT molecular complexity index is 537. The minimum Gasteiger partial charge on any atom is -0.492 e. The lowest BCUT2D eigenvalue weighted by atomic mass is 10.2. The molecule has 2 rings (SSSR count). The number of halogens is 1. The normalized spacial score (nSPS) is 10.3. The minimum atomic E-state index is 0.620. The lowest BCUT2D eigenvalue weighted by molar-refractivity contribution is 0.333. The summed E-state index contributed by atoms with van der Waals surface area (Å²) in [5.41, 5.74) is 3.36. The van der Waals surface area contributed by atoms with E-state index in [1.54, 1.807) is 0 Å². The molecule has 0 saturated carbocycles. The van der Waals surface area contributed by atoms with E-state index in [1.165, 1.54) is 5.56 Å². The highest BCUT2D eigenvalue weighted by Crippen LogP contribution is 2.22. The van der Waals surface area contributed by atoms with Crippen LogP contribution in [0.5, 0.6) is 5.75 Å². The Balaban J connectivity index is 1.81. The molecule has 0 aromatic heterocycles. The first-order valence-electron chi connectivity index (χ1n) is 6.35. The second-order valence-corrected chi connectivity index (χ2v) is 4.91. The number of nitrogens with one attached hydrogen (secondary N) is 1. The third-order valence-corrected chi connectivity index (χ3v) is 3.38. The van der Waals surface area contributed by atoms with Crippen LogP contribution in [0.15, 0.2) is 42.5 Å². The largest absolute Gasteiger partial charge is 0.492 e. The first-order valence-corrected chi connectivity index (χ1v) is 6.73. The molecule has 0 fully saturated rings. The van der Waals surface area contributed by atoms with Gasteiger partial charge < -0.3 is 10.1 Å². The molecular weight excluding hydrogens is 258 g/mol. The molecule has 2 aromatic rings. The molecule has 2 nitrogen and oxygen atoms in total. The van der Waals surface area contributed by atoms with Crippen molar-refractivity contribution in [2.45, 2.75) is 13.8 Å². The van der Waals surface area contributed by atoms with Crippen molar-refractivity contribution in [1.82, 2.24) is 0 Å². The molecule has 1 N–H and O–H groups in total. The molecule has 0 spiro atoms. The highest BCUT2D eigenvalue weighted by molar-refractivity contribution is 6.31. The van der Waals surface area contributed by atoms with Gasteiger partial charge in [-0.05, 0) is 43.7 Å². The summed E-state index contributed by atoms with van der Waals surface area (Å²) in [6, 6.07) is 13.9. The van der Waals surface area contributed by atoms with Gasteiger partial charge in [-0.2, -0.15) is 0 Å². The molecule has 19 heavy (non-hydrogen) atoms. The van der Waals surface area contributed by atoms with Crippen LogP contribution in [0.4, 0.5) is 5.69 Å². The number of aryl methyl sites for hydroxylation is 1. The summed E-state index contributed by atoms with van der Waals surface area (Å²) in [5, 5.41) is 4.11. The summed E-state index contributed by atoms with van der Waals surface area (Å²) in [6.07, 6.45) is 0. The van der Waals surface area contributed by atoms with Gasteiger partial charge in [0.15, 0.2) is 0 Å². The number of hydrogen-bond acceptors (Lipinski definition) is 2. The Labute approximate surface area is 119 Å². The molecule has 0 amide bonds. The van der Waals surface area contributed by atoms with Crippen LogP contribution >= 0.6 is 11.6 Å². The van der Waals surface area contributed by atoms with Crippen LogP contribution in [0, 0.1) is 13.8 Å². The summed E-state index contributed by atoms with van der Waals surface area (Å²) in [5.74, 6) is 0.898. The van der Waals surface area contributed by atoms with Crippen LogP contribution in [0.2, 0.25) is 5.02 Å². The minimum absolute atomic E-state index is 0.620. The van der Waals surface area contributed by atoms with Gasteiger partial charge in [0.2, 0.25) is 0 Å². The Hall–Kier alpha value is -1.67. The molecule has 100 valence electrons. The van der Waals surface area contributed by atoms with E-state index in [0.29, 0.717) is 6.61 Å². The maximum Gasteiger partial charge on any atom is 0.119 e. The molecule has 0 unspecified atom stereocenters. The fourth-order valence-electron chi connectivity index (χ4n) is 1.79. The quantitative estimate of drug-likeness (QED) is 0.814. The molecule has 3 heteroatoms. The number of anilines is 1. The van der Waals surface area contributed by atoms with E-state index in [2.05, 4.69) is 12.2 Å². The molecule has 0 saturated heterocycles. The van der Waals surface area contributed by atoms with Crippen LogP contribution in [-0.2, 0) is 0 Å². The summed E-state index contributed by atoms with van der Waals surface area (Å²) in [6.45, 7) is 5.43. The number of rotatable bonds is 5. The summed E-state index contributed by atoms with van der Waals surface area (Å²) in [7, 11) is 0. The van der Waals surface area contributed by atoms with Crippen molar-refractivity contribution >= 4 is 17.3 Å². The monoisotopic (exact) mass is 275 g/mol. The third kappa shape index (κ3) is 3.90. The lowest BCUT2D eigenvalue weighted by Gasteiger charge is -2.11. The molecule has 0 radical (unpaired) electrons. The SMILES string of the molecule is Cc1ccc(OCCNc2cccc(Cl)c2C)cc1. The molecular formula is C16H18ClNO. The van der Waals surface area contributed by atoms with Gasteiger partial charge in [-0.1, -0.05) is 35.4 Å². The van der Waals surface area contributed by atoms with E-state index in [1.807, 2.05) is 49.4 Å². The van der Waals surface area contributed by atoms with Gasteiger partial charge in [0.1, 0.15) is 12.4 Å². The maximum absolute atomic E-state index is 6.07. The average Bonchev–Trinajstić information content (AvgIpc) is 2.41. The van der Waals surface area contributed by atoms with Crippen LogP contribution in [0.1, 0.15) is 11.1 Å². The Morgan fingerprint density at radius 3 is 2.53 bits per heavy atom. The summed E-state index contributed by atoms with van der Waals surface area (Å²) >= 11 is 6.07. The smallest absolute Gasteiger partial charge is 0.119 e. The highest BCUT2D eigenvalue weighted by atomic mass is 35.5. The molecule has 0 bridgehead atoms. The van der Waals surface area contributed by atoms with Crippen molar-refractivity contribution in [3.8, 4) is 5.75 Å². The number of benzene rings is 2. The third-order valence-electron chi connectivity index (χ3n) is 2.97. The Morgan fingerprint density at radius 1 is 1.05 bits per heavy atom. The standard InChI is InChI=1S/C16H18ClNO/c1-12-6-8-14(9-7-12)19-11-10-18-16-5-3-4-15(17)13(16)2/h3-9,18H,10-11H2,1-2H3. The first kappa shape index (κ1) is 13.8. The highest BCUT2D eigenvalue weighted by Gasteiger charge is 2.01. The fourth-order valence-corrected chi connectivity index (χ4v) is 1.96. The van der Waals surface area contributed by atoms with Crippen LogP contribution in [0.25, 0.3) is 0 Å². The average molecular weight is 276 g/mol. The van der Waals surface area contributed by atoms with Crippen LogP contribution in [0.3, 0.4) is 0 Å². The summed E-state index contributed by atoms with van der Waals surface area (Å²) in [4.78, 5) is 0. The van der Waals surface area contributed by atoms with E-state index in [-0.39, 0.29) is 0 Å². The predicted octanol–water partition coefficient (Wildman–Crippen LogP) is 4.45. The van der Waals surface area contributed by atoms with E-state index >= 15 is 0 Å². The topological polar surface area (TPSA) is 21.3 Å². The van der Waals surface area contributed by atoms with E-state index < -0.39 is 0 Å². The Kier molecular flexibility index (Phi) is 4.69. The van der Waals surface area contributed by atoms with Gasteiger partial charge >= 0.3 is 0 Å².